The summed E-state index contributed by atoms with van der Waals surface area (Å²) in [5.74, 6) is 0. The van der Waals surface area contributed by atoms with Gasteiger partial charge in [0.1, 0.15) is 0 Å². The minimum absolute atomic E-state index is 0.316. The molecule has 0 atom stereocenters. The van der Waals surface area contributed by atoms with E-state index in [0.29, 0.717) is 6.61 Å². The lowest BCUT2D eigenvalue weighted by molar-refractivity contribution is 0.122. The average Bonchev–Trinajstić information content (AvgIpc) is 2.73. The Morgan fingerprint density at radius 3 is 1.64 bits per heavy atom. The van der Waals surface area contributed by atoms with Crippen molar-refractivity contribution in [1.29, 1.82) is 0 Å². The van der Waals surface area contributed by atoms with E-state index >= 15 is 0 Å². The number of ether oxygens (including phenoxy) is 2. The highest BCUT2D eigenvalue weighted by Crippen LogP contribution is 2.06. The largest absolute Gasteiger partial charge is 0.396 e. The lowest BCUT2D eigenvalue weighted by atomic mass is 10.1. The van der Waals surface area contributed by atoms with E-state index in [9.17, 15) is 0 Å². The summed E-state index contributed by atoms with van der Waals surface area (Å²) in [6.07, 6.45) is 16.0. The van der Waals surface area contributed by atoms with Gasteiger partial charge in [-0.05, 0) is 64.6 Å². The van der Waals surface area contributed by atoms with E-state index in [2.05, 4.69) is 11.8 Å². The Morgan fingerprint density at radius 1 is 0.607 bits per heavy atom. The van der Waals surface area contributed by atoms with Crippen molar-refractivity contribution in [2.45, 2.75) is 104 Å². The molecular weight excluding hydrogens is 350 g/mol. The minimum atomic E-state index is 0.316. The molecule has 0 aliphatic heterocycles. The van der Waals surface area contributed by atoms with Gasteiger partial charge in [-0.1, -0.05) is 59.3 Å². The maximum atomic E-state index is 8.99. The van der Waals surface area contributed by atoms with Crippen molar-refractivity contribution in [3.63, 3.8) is 0 Å². The molecule has 172 valence electrons. The number of aliphatic hydroxyl groups excluding tert-OH is 1. The first-order chi connectivity index (χ1) is 13.8. The van der Waals surface area contributed by atoms with E-state index in [4.69, 9.17) is 14.6 Å². The highest BCUT2D eigenvalue weighted by molar-refractivity contribution is 4.59. The van der Waals surface area contributed by atoms with Crippen LogP contribution in [0.2, 0.25) is 0 Å². The Balaban J connectivity index is 0. The average molecular weight is 404 g/mol. The summed E-state index contributed by atoms with van der Waals surface area (Å²) in [4.78, 5) is 2.58. The highest BCUT2D eigenvalue weighted by Gasteiger charge is 2.04. The summed E-state index contributed by atoms with van der Waals surface area (Å²) < 4.78 is 10.9. The Kier molecular flexibility index (Phi) is 31.2. The van der Waals surface area contributed by atoms with Gasteiger partial charge in [-0.3, -0.25) is 0 Å². The number of hydrogen-bond acceptors (Lipinski definition) is 4. The van der Waals surface area contributed by atoms with E-state index < -0.39 is 0 Å². The Labute approximate surface area is 177 Å². The molecule has 0 aromatic carbocycles. The number of methoxy groups -OCH3 is 1. The van der Waals surface area contributed by atoms with Gasteiger partial charge in [-0.25, -0.2) is 0 Å². The molecule has 4 nitrogen and oxygen atoms in total. The van der Waals surface area contributed by atoms with Crippen LogP contribution in [0.1, 0.15) is 104 Å². The lowest BCUT2D eigenvalue weighted by Gasteiger charge is -2.22. The summed E-state index contributed by atoms with van der Waals surface area (Å²) in [7, 11) is 1.78. The first kappa shape index (κ1) is 30.0. The molecule has 0 fully saturated rings. The van der Waals surface area contributed by atoms with Crippen molar-refractivity contribution in [1.82, 2.24) is 4.90 Å². The molecule has 0 rings (SSSR count). The Bertz CT molecular complexity index is 252. The second kappa shape index (κ2) is 29.0. The normalized spacial score (nSPS) is 10.9. The van der Waals surface area contributed by atoms with Gasteiger partial charge in [0.15, 0.2) is 0 Å². The third kappa shape index (κ3) is 25.8. The predicted octanol–water partition coefficient (Wildman–Crippen LogP) is 6.06. The van der Waals surface area contributed by atoms with E-state index in [1.165, 1.54) is 83.7 Å². The fourth-order valence-electron chi connectivity index (χ4n) is 3.17. The molecule has 0 aromatic rings. The number of nitrogens with zero attached hydrogens (tertiary/aromatic N) is 1. The van der Waals surface area contributed by atoms with Gasteiger partial charge >= 0.3 is 0 Å². The SMILES string of the molecule is CC.CCCCCCCOCCCCN(CCCCO)CCCCCCOC. The molecule has 0 unspecified atom stereocenters. The van der Waals surface area contributed by atoms with Crippen LogP contribution in [0, 0.1) is 0 Å². The fraction of sp³-hybridized carbons (Fsp3) is 1.00. The molecule has 28 heavy (non-hydrogen) atoms. The third-order valence-electron chi connectivity index (χ3n) is 4.86. The maximum absolute atomic E-state index is 8.99. The van der Waals surface area contributed by atoms with Crippen LogP contribution < -0.4 is 0 Å². The van der Waals surface area contributed by atoms with Crippen LogP contribution in [-0.4, -0.2) is 63.2 Å². The van der Waals surface area contributed by atoms with E-state index in [1.54, 1.807) is 7.11 Å². The molecule has 0 radical (unpaired) electrons. The number of aliphatic hydroxyl groups is 1. The molecule has 1 N–H and O–H groups in total. The van der Waals surface area contributed by atoms with Crippen molar-refractivity contribution in [3.05, 3.63) is 0 Å². The minimum Gasteiger partial charge on any atom is -0.396 e. The summed E-state index contributed by atoms with van der Waals surface area (Å²) in [6.45, 7) is 12.8. The van der Waals surface area contributed by atoms with Crippen LogP contribution in [0.3, 0.4) is 0 Å². The first-order valence-electron chi connectivity index (χ1n) is 12.2. The van der Waals surface area contributed by atoms with Crippen LogP contribution in [0.5, 0.6) is 0 Å². The molecule has 0 aromatic heterocycles. The smallest absolute Gasteiger partial charge is 0.0466 e. The second-order valence-corrected chi connectivity index (χ2v) is 7.41. The van der Waals surface area contributed by atoms with Gasteiger partial charge in [0.05, 0.1) is 0 Å². The molecule has 0 aliphatic carbocycles. The van der Waals surface area contributed by atoms with Gasteiger partial charge in [0.25, 0.3) is 0 Å². The number of unbranched alkanes of at least 4 members (excludes halogenated alkanes) is 9. The summed E-state index contributed by atoms with van der Waals surface area (Å²) in [5, 5.41) is 8.99. The lowest BCUT2D eigenvalue weighted by Crippen LogP contribution is -2.27. The van der Waals surface area contributed by atoms with Crippen LogP contribution in [0.4, 0.5) is 0 Å². The highest BCUT2D eigenvalue weighted by atomic mass is 16.5. The first-order valence-corrected chi connectivity index (χ1v) is 12.2. The molecule has 4 heteroatoms. The van der Waals surface area contributed by atoms with Crippen molar-refractivity contribution >= 4 is 0 Å². The van der Waals surface area contributed by atoms with Crippen molar-refractivity contribution in [2.24, 2.45) is 0 Å². The van der Waals surface area contributed by atoms with Crippen molar-refractivity contribution < 1.29 is 14.6 Å². The van der Waals surface area contributed by atoms with Gasteiger partial charge < -0.3 is 19.5 Å². The zero-order valence-corrected chi connectivity index (χ0v) is 19.9. The molecular formula is C24H53NO3. The van der Waals surface area contributed by atoms with Gasteiger partial charge in [0, 0.05) is 33.5 Å². The van der Waals surface area contributed by atoms with Gasteiger partial charge in [-0.15, -0.1) is 0 Å². The zero-order chi connectivity index (χ0) is 21.1. The van der Waals surface area contributed by atoms with Crippen molar-refractivity contribution in [2.75, 3.05) is 53.2 Å². The van der Waals surface area contributed by atoms with Crippen LogP contribution >= 0.6 is 0 Å². The number of rotatable bonds is 22. The maximum Gasteiger partial charge on any atom is 0.0466 e. The summed E-state index contributed by atoms with van der Waals surface area (Å²) in [6, 6.07) is 0. The monoisotopic (exact) mass is 403 g/mol. The topological polar surface area (TPSA) is 41.9 Å². The Morgan fingerprint density at radius 2 is 1.07 bits per heavy atom. The van der Waals surface area contributed by atoms with E-state index in [-0.39, 0.29) is 0 Å². The third-order valence-corrected chi connectivity index (χ3v) is 4.86. The van der Waals surface area contributed by atoms with E-state index in [0.717, 1.165) is 39.2 Å². The second-order valence-electron chi connectivity index (χ2n) is 7.41. The van der Waals surface area contributed by atoms with Gasteiger partial charge in [-0.2, -0.15) is 0 Å². The van der Waals surface area contributed by atoms with Crippen LogP contribution in [0.25, 0.3) is 0 Å². The van der Waals surface area contributed by atoms with Crippen LogP contribution in [0.15, 0.2) is 0 Å². The summed E-state index contributed by atoms with van der Waals surface area (Å²) in [5.41, 5.74) is 0. The molecule has 0 saturated carbocycles. The quantitative estimate of drug-likeness (QED) is 0.223. The van der Waals surface area contributed by atoms with Crippen LogP contribution in [-0.2, 0) is 9.47 Å². The van der Waals surface area contributed by atoms with Gasteiger partial charge in [0.2, 0.25) is 0 Å². The molecule has 0 bridgehead atoms. The molecule has 0 heterocycles. The van der Waals surface area contributed by atoms with E-state index in [1.807, 2.05) is 13.8 Å². The fourth-order valence-corrected chi connectivity index (χ4v) is 3.17. The van der Waals surface area contributed by atoms with Crippen molar-refractivity contribution in [3.8, 4) is 0 Å². The number of hydrogen-bond donors (Lipinski definition) is 1. The zero-order valence-electron chi connectivity index (χ0n) is 19.9. The molecule has 0 amide bonds. The molecule has 0 saturated heterocycles. The molecule has 0 spiro atoms. The predicted molar refractivity (Wildman–Crippen MR) is 123 cm³/mol. The standard InChI is InChI=1S/C22H47NO3.C2H6/c1-3-4-5-7-14-21-26-22-15-11-18-23(17-10-12-19-24)16-9-6-8-13-20-25-2;1-2/h24H,3-22H2,1-2H3;1-2H3. The molecule has 0 aliphatic rings. The Hall–Kier alpha value is -0.160. The summed E-state index contributed by atoms with van der Waals surface area (Å²) >= 11 is 0.